The summed E-state index contributed by atoms with van der Waals surface area (Å²) in [6.45, 7) is 7.02. The van der Waals surface area contributed by atoms with Crippen molar-refractivity contribution in [1.29, 1.82) is 5.26 Å². The average Bonchev–Trinajstić information content (AvgIpc) is 3.48. The van der Waals surface area contributed by atoms with Crippen LogP contribution in [0.2, 0.25) is 0 Å². The maximum Gasteiger partial charge on any atom is 0.266 e. The molecule has 0 radical (unpaired) electrons. The molecule has 2 aromatic rings. The van der Waals surface area contributed by atoms with Crippen molar-refractivity contribution in [3.05, 3.63) is 58.4 Å². The van der Waals surface area contributed by atoms with Gasteiger partial charge in [-0.2, -0.15) is 5.26 Å². The Morgan fingerprint density at radius 3 is 2.69 bits per heavy atom. The van der Waals surface area contributed by atoms with E-state index in [9.17, 15) is 14.9 Å². The Hall–Kier alpha value is -3.33. The SMILES string of the molecule is CCCn1c(C)cc(/C=C(\C#N)C(=O)Nc2cccc(C(=O)NC3CC3)c2)c1C. The van der Waals surface area contributed by atoms with Gasteiger partial charge in [0.15, 0.2) is 0 Å². The van der Waals surface area contributed by atoms with Crippen LogP contribution in [0.25, 0.3) is 6.08 Å². The van der Waals surface area contributed by atoms with Crippen molar-refractivity contribution in [3.8, 4) is 6.07 Å². The zero-order valence-electron chi connectivity index (χ0n) is 17.1. The molecule has 1 aliphatic carbocycles. The number of anilines is 1. The first-order valence-electron chi connectivity index (χ1n) is 9.93. The minimum Gasteiger partial charge on any atom is -0.349 e. The van der Waals surface area contributed by atoms with Crippen LogP contribution in [-0.2, 0) is 11.3 Å². The van der Waals surface area contributed by atoms with E-state index in [1.165, 1.54) is 0 Å². The summed E-state index contributed by atoms with van der Waals surface area (Å²) in [5.74, 6) is -0.643. The van der Waals surface area contributed by atoms with Gasteiger partial charge in [0, 0.05) is 35.2 Å². The second-order valence-electron chi connectivity index (χ2n) is 7.43. The average molecular weight is 390 g/mol. The number of nitrogens with one attached hydrogen (secondary N) is 2. The predicted octanol–water partition coefficient (Wildman–Crippen LogP) is 3.95. The van der Waals surface area contributed by atoms with Gasteiger partial charge in [-0.15, -0.1) is 0 Å². The Kier molecular flexibility index (Phi) is 6.18. The highest BCUT2D eigenvalue weighted by molar-refractivity contribution is 6.10. The van der Waals surface area contributed by atoms with Gasteiger partial charge >= 0.3 is 0 Å². The summed E-state index contributed by atoms with van der Waals surface area (Å²) in [5, 5.41) is 15.2. The second kappa shape index (κ2) is 8.78. The fraction of sp³-hybridized carbons (Fsp3) is 0.348. The van der Waals surface area contributed by atoms with Crippen LogP contribution < -0.4 is 10.6 Å². The second-order valence-corrected chi connectivity index (χ2v) is 7.43. The topological polar surface area (TPSA) is 86.9 Å². The number of benzene rings is 1. The Bertz CT molecular complexity index is 1010. The smallest absolute Gasteiger partial charge is 0.266 e. The monoisotopic (exact) mass is 390 g/mol. The molecule has 6 nitrogen and oxygen atoms in total. The van der Waals surface area contributed by atoms with Gasteiger partial charge in [-0.1, -0.05) is 13.0 Å². The zero-order valence-corrected chi connectivity index (χ0v) is 17.1. The van der Waals surface area contributed by atoms with Gasteiger partial charge in [0.25, 0.3) is 11.8 Å². The lowest BCUT2D eigenvalue weighted by Crippen LogP contribution is -2.25. The van der Waals surface area contributed by atoms with E-state index < -0.39 is 5.91 Å². The molecule has 1 aliphatic rings. The van der Waals surface area contributed by atoms with Gasteiger partial charge in [-0.3, -0.25) is 9.59 Å². The number of nitriles is 1. The van der Waals surface area contributed by atoms with E-state index >= 15 is 0 Å². The molecule has 1 saturated carbocycles. The lowest BCUT2D eigenvalue weighted by Gasteiger charge is -2.08. The Balaban J connectivity index is 1.77. The van der Waals surface area contributed by atoms with E-state index in [1.54, 1.807) is 30.3 Å². The highest BCUT2D eigenvalue weighted by atomic mass is 16.2. The van der Waals surface area contributed by atoms with Crippen molar-refractivity contribution in [3.63, 3.8) is 0 Å². The van der Waals surface area contributed by atoms with E-state index in [1.807, 2.05) is 26.0 Å². The first-order chi connectivity index (χ1) is 13.9. The number of aryl methyl sites for hydroxylation is 1. The van der Waals surface area contributed by atoms with E-state index in [0.29, 0.717) is 11.3 Å². The molecule has 1 aromatic heterocycles. The quantitative estimate of drug-likeness (QED) is 0.554. The van der Waals surface area contributed by atoms with E-state index in [-0.39, 0.29) is 17.5 Å². The summed E-state index contributed by atoms with van der Waals surface area (Å²) in [7, 11) is 0. The molecule has 0 aliphatic heterocycles. The lowest BCUT2D eigenvalue weighted by atomic mass is 10.1. The molecular formula is C23H26N4O2. The van der Waals surface area contributed by atoms with E-state index in [4.69, 9.17) is 0 Å². The molecule has 0 unspecified atom stereocenters. The van der Waals surface area contributed by atoms with Crippen LogP contribution in [0.3, 0.4) is 0 Å². The van der Waals surface area contributed by atoms with Crippen molar-refractivity contribution >= 4 is 23.6 Å². The van der Waals surface area contributed by atoms with Crippen molar-refractivity contribution in [2.24, 2.45) is 0 Å². The molecule has 2 N–H and O–H groups in total. The number of hydrogen-bond donors (Lipinski definition) is 2. The third-order valence-corrected chi connectivity index (χ3v) is 5.02. The molecule has 150 valence electrons. The molecule has 0 spiro atoms. The number of carbonyl (C=O) groups is 2. The summed E-state index contributed by atoms with van der Waals surface area (Å²) in [4.78, 5) is 24.8. The predicted molar refractivity (Wildman–Crippen MR) is 113 cm³/mol. The summed E-state index contributed by atoms with van der Waals surface area (Å²) >= 11 is 0. The van der Waals surface area contributed by atoms with Crippen LogP contribution in [0, 0.1) is 25.2 Å². The van der Waals surface area contributed by atoms with Gasteiger partial charge in [0.1, 0.15) is 11.6 Å². The number of amides is 2. The first kappa shape index (κ1) is 20.4. The van der Waals surface area contributed by atoms with Crippen LogP contribution >= 0.6 is 0 Å². The van der Waals surface area contributed by atoms with Gasteiger partial charge in [-0.05, 0) is 69.0 Å². The normalized spacial score (nSPS) is 13.7. The fourth-order valence-corrected chi connectivity index (χ4v) is 3.28. The van der Waals surface area contributed by atoms with Gasteiger partial charge in [-0.25, -0.2) is 0 Å². The van der Waals surface area contributed by atoms with Gasteiger partial charge in [0.05, 0.1) is 0 Å². The summed E-state index contributed by atoms with van der Waals surface area (Å²) in [6.07, 6.45) is 4.65. The molecule has 29 heavy (non-hydrogen) atoms. The van der Waals surface area contributed by atoms with E-state index in [0.717, 1.165) is 42.8 Å². The molecule has 6 heteroatoms. The highest BCUT2D eigenvalue weighted by Crippen LogP contribution is 2.21. The number of rotatable bonds is 7. The molecule has 0 saturated heterocycles. The minimum atomic E-state index is -0.493. The maximum absolute atomic E-state index is 12.6. The summed E-state index contributed by atoms with van der Waals surface area (Å²) in [6, 6.07) is 11.0. The van der Waals surface area contributed by atoms with Crippen LogP contribution in [0.1, 0.15) is 53.5 Å². The van der Waals surface area contributed by atoms with Crippen molar-refractivity contribution in [2.75, 3.05) is 5.32 Å². The molecule has 1 fully saturated rings. The first-order valence-corrected chi connectivity index (χ1v) is 9.93. The number of aromatic nitrogens is 1. The molecule has 1 aromatic carbocycles. The molecular weight excluding hydrogens is 364 g/mol. The number of carbonyl (C=O) groups excluding carboxylic acids is 2. The molecule has 0 bridgehead atoms. The van der Waals surface area contributed by atoms with Gasteiger partial charge in [0.2, 0.25) is 0 Å². The van der Waals surface area contributed by atoms with E-state index in [2.05, 4.69) is 22.1 Å². The van der Waals surface area contributed by atoms with Gasteiger partial charge < -0.3 is 15.2 Å². The molecule has 3 rings (SSSR count). The minimum absolute atomic E-state index is 0.0228. The number of nitrogens with zero attached hydrogens (tertiary/aromatic N) is 2. The third kappa shape index (κ3) is 4.94. The third-order valence-electron chi connectivity index (χ3n) is 5.02. The van der Waals surface area contributed by atoms with Crippen molar-refractivity contribution in [2.45, 2.75) is 52.6 Å². The van der Waals surface area contributed by atoms with Crippen LogP contribution in [0.4, 0.5) is 5.69 Å². The Labute approximate surface area is 171 Å². The lowest BCUT2D eigenvalue weighted by molar-refractivity contribution is -0.112. The van der Waals surface area contributed by atoms with Crippen LogP contribution in [0.15, 0.2) is 35.9 Å². The molecule has 2 amide bonds. The number of hydrogen-bond acceptors (Lipinski definition) is 3. The van der Waals surface area contributed by atoms with Crippen LogP contribution in [-0.4, -0.2) is 22.4 Å². The van der Waals surface area contributed by atoms with Crippen molar-refractivity contribution < 1.29 is 9.59 Å². The Morgan fingerprint density at radius 1 is 1.28 bits per heavy atom. The summed E-state index contributed by atoms with van der Waals surface area (Å²) in [5.41, 5.74) is 3.98. The Morgan fingerprint density at radius 2 is 2.03 bits per heavy atom. The zero-order chi connectivity index (χ0) is 21.0. The van der Waals surface area contributed by atoms with Crippen molar-refractivity contribution in [1.82, 2.24) is 9.88 Å². The maximum atomic E-state index is 12.6. The van der Waals surface area contributed by atoms with Crippen LogP contribution in [0.5, 0.6) is 0 Å². The fourth-order valence-electron chi connectivity index (χ4n) is 3.28. The molecule has 0 atom stereocenters. The largest absolute Gasteiger partial charge is 0.349 e. The summed E-state index contributed by atoms with van der Waals surface area (Å²) < 4.78 is 2.18. The standard InChI is InChI=1S/C23H26N4O2/c1-4-10-27-15(2)11-18(16(27)3)12-19(14-24)23(29)26-21-7-5-6-17(13-21)22(28)25-20-8-9-20/h5-7,11-13,20H,4,8-10H2,1-3H3,(H,25,28)(H,26,29)/b19-12+. The molecule has 1 heterocycles. The highest BCUT2D eigenvalue weighted by Gasteiger charge is 2.24.